The number of anilines is 1. The van der Waals surface area contributed by atoms with E-state index < -0.39 is 12.0 Å². The fraction of sp³-hybridized carbons (Fsp3) is 0.300. The number of rotatable bonds is 3. The quantitative estimate of drug-likeness (QED) is 0.881. The van der Waals surface area contributed by atoms with Crippen LogP contribution in [0, 0.1) is 6.92 Å². The van der Waals surface area contributed by atoms with E-state index >= 15 is 0 Å². The van der Waals surface area contributed by atoms with Crippen molar-refractivity contribution in [3.05, 3.63) is 34.9 Å². The number of alkyl halides is 3. The predicted octanol–water partition coefficient (Wildman–Crippen LogP) is 3.06. The Hall–Kier alpha value is -1.83. The van der Waals surface area contributed by atoms with Crippen molar-refractivity contribution in [2.45, 2.75) is 19.6 Å². The van der Waals surface area contributed by atoms with Crippen molar-refractivity contribution in [3.8, 4) is 0 Å². The predicted molar refractivity (Wildman–Crippen MR) is 60.6 cm³/mol. The van der Waals surface area contributed by atoms with E-state index in [-0.39, 0.29) is 17.5 Å². The Balaban J connectivity index is 2.14. The zero-order valence-corrected chi connectivity index (χ0v) is 10.4. The molecule has 102 valence electrons. The van der Waals surface area contributed by atoms with E-state index in [0.717, 1.165) is 0 Å². The minimum absolute atomic E-state index is 0.0526. The molecular weight excluding hydrogens is 285 g/mol. The first-order valence-electron chi connectivity index (χ1n) is 5.11. The lowest BCUT2D eigenvalue weighted by Crippen LogP contribution is -2.13. The highest BCUT2D eigenvalue weighted by atomic mass is 35.5. The van der Waals surface area contributed by atoms with Gasteiger partial charge in [-0.2, -0.15) is 13.2 Å². The number of hydrogen-bond acceptors (Lipinski definition) is 5. The first-order valence-corrected chi connectivity index (χ1v) is 5.49. The van der Waals surface area contributed by atoms with Crippen LogP contribution in [0.3, 0.4) is 0 Å². The van der Waals surface area contributed by atoms with Gasteiger partial charge in [-0.3, -0.25) is 0 Å². The molecule has 0 aliphatic rings. The Morgan fingerprint density at radius 3 is 2.68 bits per heavy atom. The molecule has 0 bridgehead atoms. The van der Waals surface area contributed by atoms with Gasteiger partial charge in [0.05, 0.1) is 12.7 Å². The molecule has 0 fully saturated rings. The summed E-state index contributed by atoms with van der Waals surface area (Å²) in [7, 11) is 0. The van der Waals surface area contributed by atoms with E-state index in [2.05, 4.69) is 20.3 Å². The SMILES string of the molecule is Cc1cnc(CNc2cc(Cl)nc(C(F)(F)F)n2)o1. The van der Waals surface area contributed by atoms with Crippen LogP contribution in [0.1, 0.15) is 17.5 Å². The summed E-state index contributed by atoms with van der Waals surface area (Å²) in [6.07, 6.45) is -3.15. The Kier molecular flexibility index (Phi) is 3.61. The van der Waals surface area contributed by atoms with Crippen molar-refractivity contribution in [2.24, 2.45) is 0 Å². The number of aryl methyl sites for hydroxylation is 1. The Morgan fingerprint density at radius 2 is 2.11 bits per heavy atom. The molecule has 0 aromatic carbocycles. The van der Waals surface area contributed by atoms with Gasteiger partial charge in [-0.1, -0.05) is 11.6 Å². The van der Waals surface area contributed by atoms with Gasteiger partial charge < -0.3 is 9.73 Å². The normalized spacial score (nSPS) is 11.6. The zero-order chi connectivity index (χ0) is 14.0. The van der Waals surface area contributed by atoms with E-state index in [1.54, 1.807) is 6.92 Å². The monoisotopic (exact) mass is 292 g/mol. The number of oxazole rings is 1. The second-order valence-electron chi connectivity index (χ2n) is 3.62. The summed E-state index contributed by atoms with van der Waals surface area (Å²) in [6.45, 7) is 1.80. The summed E-state index contributed by atoms with van der Waals surface area (Å²) in [6, 6.07) is 1.19. The Bertz CT molecular complexity index is 584. The molecule has 0 saturated heterocycles. The molecule has 0 amide bonds. The van der Waals surface area contributed by atoms with Gasteiger partial charge in [0.15, 0.2) is 0 Å². The van der Waals surface area contributed by atoms with Crippen LogP contribution >= 0.6 is 11.6 Å². The van der Waals surface area contributed by atoms with Crippen molar-refractivity contribution in [1.82, 2.24) is 15.0 Å². The molecule has 19 heavy (non-hydrogen) atoms. The van der Waals surface area contributed by atoms with E-state index in [0.29, 0.717) is 11.7 Å². The third-order valence-electron chi connectivity index (χ3n) is 2.04. The van der Waals surface area contributed by atoms with Crippen LogP contribution in [-0.2, 0) is 12.7 Å². The maximum absolute atomic E-state index is 12.5. The van der Waals surface area contributed by atoms with Crippen molar-refractivity contribution in [2.75, 3.05) is 5.32 Å². The third-order valence-corrected chi connectivity index (χ3v) is 2.23. The van der Waals surface area contributed by atoms with Gasteiger partial charge in [-0.15, -0.1) is 0 Å². The number of halogens is 4. The lowest BCUT2D eigenvalue weighted by atomic mass is 10.5. The van der Waals surface area contributed by atoms with Crippen LogP contribution in [-0.4, -0.2) is 15.0 Å². The van der Waals surface area contributed by atoms with Gasteiger partial charge in [0.1, 0.15) is 16.7 Å². The first kappa shape index (κ1) is 13.6. The molecule has 0 aliphatic heterocycles. The molecule has 0 unspecified atom stereocenters. The fourth-order valence-electron chi connectivity index (χ4n) is 1.28. The molecule has 0 radical (unpaired) electrons. The average molecular weight is 293 g/mol. The summed E-state index contributed by atoms with van der Waals surface area (Å²) >= 11 is 5.51. The summed E-state index contributed by atoms with van der Waals surface area (Å²) in [4.78, 5) is 10.3. The summed E-state index contributed by atoms with van der Waals surface area (Å²) in [5, 5.41) is 2.34. The van der Waals surface area contributed by atoms with Gasteiger partial charge in [0.2, 0.25) is 11.7 Å². The molecule has 2 aromatic heterocycles. The summed E-state index contributed by atoms with van der Waals surface area (Å²) < 4.78 is 42.6. The van der Waals surface area contributed by atoms with Crippen LogP contribution in [0.2, 0.25) is 5.15 Å². The van der Waals surface area contributed by atoms with E-state index in [4.69, 9.17) is 16.0 Å². The van der Waals surface area contributed by atoms with E-state index in [9.17, 15) is 13.2 Å². The van der Waals surface area contributed by atoms with Gasteiger partial charge in [0, 0.05) is 6.07 Å². The highest BCUT2D eigenvalue weighted by Crippen LogP contribution is 2.28. The Morgan fingerprint density at radius 1 is 1.37 bits per heavy atom. The smallest absolute Gasteiger partial charge is 0.444 e. The van der Waals surface area contributed by atoms with Crippen LogP contribution in [0.4, 0.5) is 19.0 Å². The van der Waals surface area contributed by atoms with Crippen molar-refractivity contribution >= 4 is 17.4 Å². The topological polar surface area (TPSA) is 63.8 Å². The molecule has 2 rings (SSSR count). The van der Waals surface area contributed by atoms with E-state index in [1.807, 2.05) is 0 Å². The third kappa shape index (κ3) is 3.57. The highest BCUT2D eigenvalue weighted by Gasteiger charge is 2.35. The molecule has 9 heteroatoms. The number of nitrogens with one attached hydrogen (secondary N) is 1. The number of aromatic nitrogens is 3. The van der Waals surface area contributed by atoms with Crippen molar-refractivity contribution in [1.29, 1.82) is 0 Å². The van der Waals surface area contributed by atoms with Gasteiger partial charge >= 0.3 is 6.18 Å². The van der Waals surface area contributed by atoms with Crippen LogP contribution in [0.25, 0.3) is 0 Å². The second kappa shape index (κ2) is 5.04. The standard InChI is InChI=1S/C10H8ClF3N4O/c1-5-3-16-8(19-5)4-15-7-2-6(11)17-9(18-7)10(12,13)14/h2-3H,4H2,1H3,(H,15,17,18). The average Bonchev–Trinajstić information content (AvgIpc) is 2.71. The lowest BCUT2D eigenvalue weighted by Gasteiger charge is -2.08. The minimum atomic E-state index is -4.65. The van der Waals surface area contributed by atoms with Crippen LogP contribution in [0.5, 0.6) is 0 Å². The molecular formula is C10H8ClF3N4O. The lowest BCUT2D eigenvalue weighted by molar-refractivity contribution is -0.144. The minimum Gasteiger partial charge on any atom is -0.444 e. The molecule has 0 spiro atoms. The molecule has 0 aliphatic carbocycles. The molecule has 2 heterocycles. The zero-order valence-electron chi connectivity index (χ0n) is 9.62. The number of nitrogens with zero attached hydrogens (tertiary/aromatic N) is 3. The molecule has 5 nitrogen and oxygen atoms in total. The molecule has 1 N–H and O–H groups in total. The Labute approximate surface area is 110 Å². The van der Waals surface area contributed by atoms with E-state index in [1.165, 1.54) is 12.3 Å². The first-order chi connectivity index (χ1) is 8.84. The fourth-order valence-corrected chi connectivity index (χ4v) is 1.47. The largest absolute Gasteiger partial charge is 0.451 e. The second-order valence-corrected chi connectivity index (χ2v) is 4.00. The molecule has 0 atom stereocenters. The van der Waals surface area contributed by atoms with Gasteiger partial charge in [0.25, 0.3) is 0 Å². The highest BCUT2D eigenvalue weighted by molar-refractivity contribution is 6.29. The van der Waals surface area contributed by atoms with Crippen LogP contribution < -0.4 is 5.32 Å². The molecule has 2 aromatic rings. The maximum atomic E-state index is 12.5. The number of hydrogen-bond donors (Lipinski definition) is 1. The molecule has 0 saturated carbocycles. The van der Waals surface area contributed by atoms with Crippen LogP contribution in [0.15, 0.2) is 16.7 Å². The van der Waals surface area contributed by atoms with Gasteiger partial charge in [-0.05, 0) is 6.92 Å². The summed E-state index contributed by atoms with van der Waals surface area (Å²) in [5.74, 6) is -0.413. The van der Waals surface area contributed by atoms with Gasteiger partial charge in [-0.25, -0.2) is 15.0 Å². The van der Waals surface area contributed by atoms with Crippen molar-refractivity contribution in [3.63, 3.8) is 0 Å². The summed E-state index contributed by atoms with van der Waals surface area (Å²) in [5.41, 5.74) is 0. The van der Waals surface area contributed by atoms with Crippen molar-refractivity contribution < 1.29 is 17.6 Å². The maximum Gasteiger partial charge on any atom is 0.451 e.